The zero-order chi connectivity index (χ0) is 22.9. The summed E-state index contributed by atoms with van der Waals surface area (Å²) in [5.74, 6) is 0.00241. The molecule has 3 aliphatic rings. The quantitative estimate of drug-likeness (QED) is 0.642. The van der Waals surface area contributed by atoms with Crippen LogP contribution in [0.15, 0.2) is 46.7 Å². The molecular weight excluding hydrogens is 406 g/mol. The second-order valence-corrected chi connectivity index (χ2v) is 9.34. The van der Waals surface area contributed by atoms with E-state index < -0.39 is 11.3 Å². The molecule has 2 amide bonds. The summed E-state index contributed by atoms with van der Waals surface area (Å²) in [6.45, 7) is 5.10. The van der Waals surface area contributed by atoms with Gasteiger partial charge in [0.2, 0.25) is 5.91 Å². The standard InChI is InChI=1S/C24H29N5O3/c1-24(2,23-26-19-7-5-4-6-18(19)22(32)27-23)11-8-20(30)29-12-9-16(10-13-29)21(31)17-14-25-28(3)15-17/h4-7,14-16,18H,8-13H2,1-3H3. The van der Waals surface area contributed by atoms with Gasteiger partial charge in [-0.25, -0.2) is 4.99 Å². The van der Waals surface area contributed by atoms with Gasteiger partial charge in [0.05, 0.1) is 17.5 Å². The van der Waals surface area contributed by atoms with Crippen LogP contribution in [-0.2, 0) is 16.6 Å². The fourth-order valence-electron chi connectivity index (χ4n) is 4.34. The second-order valence-electron chi connectivity index (χ2n) is 9.34. The van der Waals surface area contributed by atoms with Crippen LogP contribution in [0.4, 0.5) is 0 Å². The minimum absolute atomic E-state index is 0.0661. The number of hydrogen-bond donors (Lipinski definition) is 0. The smallest absolute Gasteiger partial charge is 0.260 e. The van der Waals surface area contributed by atoms with Gasteiger partial charge in [0, 0.05) is 44.1 Å². The fraction of sp³-hybridized carbons (Fsp3) is 0.500. The molecule has 32 heavy (non-hydrogen) atoms. The molecule has 1 aliphatic carbocycles. The number of aromatic nitrogens is 2. The Morgan fingerprint density at radius 3 is 2.59 bits per heavy atom. The van der Waals surface area contributed by atoms with Crippen molar-refractivity contribution in [3.63, 3.8) is 0 Å². The lowest BCUT2D eigenvalue weighted by atomic mass is 9.84. The summed E-state index contributed by atoms with van der Waals surface area (Å²) < 4.78 is 1.63. The molecule has 1 saturated heterocycles. The van der Waals surface area contributed by atoms with Crippen molar-refractivity contribution in [2.24, 2.45) is 34.3 Å². The first kappa shape index (κ1) is 22.0. The number of Topliss-reactive ketones (excluding diaryl/α,β-unsaturated/α-hetero) is 1. The van der Waals surface area contributed by atoms with E-state index in [2.05, 4.69) is 15.1 Å². The van der Waals surface area contributed by atoms with E-state index in [1.807, 2.05) is 37.0 Å². The highest BCUT2D eigenvalue weighted by atomic mass is 16.2. The maximum absolute atomic E-state index is 12.8. The van der Waals surface area contributed by atoms with Crippen LogP contribution in [0.2, 0.25) is 0 Å². The monoisotopic (exact) mass is 435 g/mol. The average molecular weight is 436 g/mol. The lowest BCUT2D eigenvalue weighted by molar-refractivity contribution is -0.132. The molecule has 0 N–H and O–H groups in total. The Balaban J connectivity index is 1.31. The zero-order valence-corrected chi connectivity index (χ0v) is 18.8. The molecule has 4 rings (SSSR count). The normalized spacial score (nSPS) is 21.3. The van der Waals surface area contributed by atoms with Gasteiger partial charge in [-0.1, -0.05) is 32.1 Å². The Morgan fingerprint density at radius 1 is 1.16 bits per heavy atom. The molecule has 8 nitrogen and oxygen atoms in total. The molecule has 0 saturated carbocycles. The number of aryl methyl sites for hydroxylation is 1. The van der Waals surface area contributed by atoms with Crippen molar-refractivity contribution in [2.75, 3.05) is 13.1 Å². The molecule has 8 heteroatoms. The number of carbonyl (C=O) groups is 3. The van der Waals surface area contributed by atoms with Gasteiger partial charge >= 0.3 is 0 Å². The van der Waals surface area contributed by atoms with Crippen LogP contribution in [0.1, 0.15) is 49.9 Å². The van der Waals surface area contributed by atoms with Gasteiger partial charge in [0.25, 0.3) is 5.91 Å². The molecule has 1 fully saturated rings. The molecule has 1 aromatic heterocycles. The van der Waals surface area contributed by atoms with E-state index in [-0.39, 0.29) is 23.5 Å². The summed E-state index contributed by atoms with van der Waals surface area (Å²) in [6, 6.07) is 0. The van der Waals surface area contributed by atoms with Crippen LogP contribution in [0.5, 0.6) is 0 Å². The van der Waals surface area contributed by atoms with Gasteiger partial charge in [-0.05, 0) is 25.3 Å². The first-order valence-electron chi connectivity index (χ1n) is 11.1. The third-order valence-electron chi connectivity index (χ3n) is 6.49. The van der Waals surface area contributed by atoms with Crippen LogP contribution < -0.4 is 0 Å². The molecule has 0 aromatic carbocycles. The van der Waals surface area contributed by atoms with Crippen molar-refractivity contribution < 1.29 is 14.4 Å². The number of likely N-dealkylation sites (tertiary alicyclic amines) is 1. The number of amidine groups is 1. The number of amides is 2. The summed E-state index contributed by atoms with van der Waals surface area (Å²) in [5.41, 5.74) is 0.851. The fourth-order valence-corrected chi connectivity index (χ4v) is 4.34. The van der Waals surface area contributed by atoms with E-state index in [1.165, 1.54) is 0 Å². The topological polar surface area (TPSA) is 97.0 Å². The van der Waals surface area contributed by atoms with Crippen molar-refractivity contribution in [1.29, 1.82) is 0 Å². The van der Waals surface area contributed by atoms with Crippen LogP contribution in [0, 0.1) is 17.3 Å². The Kier molecular flexibility index (Phi) is 6.04. The predicted molar refractivity (Wildman–Crippen MR) is 122 cm³/mol. The first-order valence-corrected chi connectivity index (χ1v) is 11.1. The summed E-state index contributed by atoms with van der Waals surface area (Å²) >= 11 is 0. The van der Waals surface area contributed by atoms with Crippen molar-refractivity contribution in [3.8, 4) is 0 Å². The van der Waals surface area contributed by atoms with Crippen molar-refractivity contribution >= 4 is 29.1 Å². The van der Waals surface area contributed by atoms with E-state index in [4.69, 9.17) is 0 Å². The molecule has 2 aliphatic heterocycles. The highest BCUT2D eigenvalue weighted by molar-refractivity contribution is 6.22. The van der Waals surface area contributed by atoms with Gasteiger partial charge in [-0.2, -0.15) is 10.1 Å². The molecule has 0 bridgehead atoms. The molecule has 1 unspecified atom stereocenters. The maximum atomic E-state index is 12.8. The molecular formula is C24H29N5O3. The number of fused-ring (bicyclic) bond motifs is 1. The molecule has 1 aromatic rings. The highest BCUT2D eigenvalue weighted by Gasteiger charge is 2.34. The molecule has 168 valence electrons. The SMILES string of the molecule is Cn1cc(C(=O)C2CCN(C(=O)CCC(C)(C)C3=NC(=O)C4C=CC=CC4=N3)CC2)cn1. The lowest BCUT2D eigenvalue weighted by Gasteiger charge is -2.33. The number of allylic oxidation sites excluding steroid dienone is 3. The number of nitrogens with zero attached hydrogens (tertiary/aromatic N) is 5. The Hall–Kier alpha value is -3.16. The number of rotatable bonds is 6. The van der Waals surface area contributed by atoms with E-state index in [1.54, 1.807) is 30.2 Å². The number of piperidine rings is 1. The number of ketones is 1. The van der Waals surface area contributed by atoms with Gasteiger partial charge in [0.1, 0.15) is 11.8 Å². The first-order chi connectivity index (χ1) is 15.2. The van der Waals surface area contributed by atoms with Gasteiger partial charge in [-0.3, -0.25) is 19.1 Å². The zero-order valence-electron chi connectivity index (χ0n) is 18.8. The number of carbonyl (C=O) groups excluding carboxylic acids is 3. The molecule has 0 spiro atoms. The molecule has 1 atom stereocenters. The van der Waals surface area contributed by atoms with Crippen LogP contribution >= 0.6 is 0 Å². The summed E-state index contributed by atoms with van der Waals surface area (Å²) in [4.78, 5) is 48.5. The second kappa shape index (κ2) is 8.76. The van der Waals surface area contributed by atoms with Crippen LogP contribution in [0.3, 0.4) is 0 Å². The third-order valence-corrected chi connectivity index (χ3v) is 6.49. The average Bonchev–Trinajstić information content (AvgIpc) is 3.23. The summed E-state index contributed by atoms with van der Waals surface area (Å²) in [7, 11) is 1.79. The number of aliphatic imine (C=N–C) groups is 2. The van der Waals surface area contributed by atoms with E-state index in [9.17, 15) is 14.4 Å². The van der Waals surface area contributed by atoms with Crippen molar-refractivity contribution in [2.45, 2.75) is 39.5 Å². The largest absolute Gasteiger partial charge is 0.343 e. The molecule has 0 radical (unpaired) electrons. The maximum Gasteiger partial charge on any atom is 0.260 e. The summed E-state index contributed by atoms with van der Waals surface area (Å²) in [6.07, 6.45) is 12.9. The van der Waals surface area contributed by atoms with Crippen LogP contribution in [0.25, 0.3) is 0 Å². The van der Waals surface area contributed by atoms with E-state index in [0.29, 0.717) is 55.9 Å². The van der Waals surface area contributed by atoms with Crippen molar-refractivity contribution in [3.05, 3.63) is 42.3 Å². The lowest BCUT2D eigenvalue weighted by Crippen LogP contribution is -2.41. The Bertz CT molecular complexity index is 1050. The Labute approximate surface area is 187 Å². The van der Waals surface area contributed by atoms with Gasteiger partial charge in [0.15, 0.2) is 5.78 Å². The number of hydrogen-bond acceptors (Lipinski definition) is 5. The minimum atomic E-state index is -0.493. The predicted octanol–water partition coefficient (Wildman–Crippen LogP) is 2.77. The van der Waals surface area contributed by atoms with E-state index in [0.717, 1.165) is 0 Å². The van der Waals surface area contributed by atoms with Crippen molar-refractivity contribution in [1.82, 2.24) is 14.7 Å². The minimum Gasteiger partial charge on any atom is -0.343 e. The Morgan fingerprint density at radius 2 is 1.91 bits per heavy atom. The van der Waals surface area contributed by atoms with Gasteiger partial charge < -0.3 is 4.90 Å². The van der Waals surface area contributed by atoms with Crippen LogP contribution in [-0.4, -0.2) is 56.9 Å². The third kappa shape index (κ3) is 4.54. The molecule has 3 heterocycles. The van der Waals surface area contributed by atoms with E-state index >= 15 is 0 Å². The highest BCUT2D eigenvalue weighted by Crippen LogP contribution is 2.30. The summed E-state index contributed by atoms with van der Waals surface area (Å²) in [5, 5.41) is 4.07. The van der Waals surface area contributed by atoms with Gasteiger partial charge in [-0.15, -0.1) is 0 Å².